The minimum Gasteiger partial charge on any atom is -0.331 e. The van der Waals surface area contributed by atoms with Crippen molar-refractivity contribution >= 4 is 33.8 Å². The monoisotopic (exact) mass is 231 g/mol. The summed E-state index contributed by atoms with van der Waals surface area (Å²) in [6.45, 7) is 2.09. The van der Waals surface area contributed by atoms with Gasteiger partial charge in [0.15, 0.2) is 5.11 Å². The lowest BCUT2D eigenvalue weighted by Gasteiger charge is -2.11. The molecule has 0 fully saturated rings. The Balaban J connectivity index is 2.54. The highest BCUT2D eigenvalue weighted by atomic mass is 32.1. The van der Waals surface area contributed by atoms with Crippen molar-refractivity contribution in [2.75, 3.05) is 5.32 Å². The van der Waals surface area contributed by atoms with Crippen molar-refractivity contribution in [3.8, 4) is 0 Å². The van der Waals surface area contributed by atoms with Crippen LogP contribution in [0.3, 0.4) is 0 Å². The SMILES string of the molecule is Cc1ccc(NC(=S)NN)c2ccccc12. The van der Waals surface area contributed by atoms with Crippen LogP contribution >= 0.6 is 12.2 Å². The number of hydrazine groups is 1. The summed E-state index contributed by atoms with van der Waals surface area (Å²) in [5.41, 5.74) is 4.62. The van der Waals surface area contributed by atoms with Crippen LogP contribution in [0.1, 0.15) is 5.56 Å². The largest absolute Gasteiger partial charge is 0.331 e. The smallest absolute Gasteiger partial charge is 0.185 e. The molecule has 2 aromatic rings. The van der Waals surface area contributed by atoms with Crippen LogP contribution in [0.2, 0.25) is 0 Å². The number of thiocarbonyl (C=S) groups is 1. The Bertz CT molecular complexity index is 537. The van der Waals surface area contributed by atoms with Gasteiger partial charge in [-0.2, -0.15) is 0 Å². The minimum atomic E-state index is 0.411. The maximum absolute atomic E-state index is 5.24. The molecule has 0 aliphatic heterocycles. The number of nitrogens with two attached hydrogens (primary N) is 1. The quantitative estimate of drug-likeness (QED) is 0.400. The zero-order valence-corrected chi connectivity index (χ0v) is 9.77. The Labute approximate surface area is 99.6 Å². The lowest BCUT2D eigenvalue weighted by atomic mass is 10.0. The first-order valence-electron chi connectivity index (χ1n) is 4.98. The Morgan fingerprint density at radius 3 is 2.50 bits per heavy atom. The summed E-state index contributed by atoms with van der Waals surface area (Å²) in [4.78, 5) is 0. The van der Waals surface area contributed by atoms with Gasteiger partial charge >= 0.3 is 0 Å². The Hall–Kier alpha value is -1.65. The summed E-state index contributed by atoms with van der Waals surface area (Å²) in [7, 11) is 0. The second-order valence-electron chi connectivity index (χ2n) is 3.57. The van der Waals surface area contributed by atoms with Crippen molar-refractivity contribution in [1.29, 1.82) is 0 Å². The van der Waals surface area contributed by atoms with Crippen molar-refractivity contribution in [2.24, 2.45) is 5.84 Å². The molecular weight excluding hydrogens is 218 g/mol. The molecule has 0 heterocycles. The van der Waals surface area contributed by atoms with Crippen LogP contribution in [-0.4, -0.2) is 5.11 Å². The molecule has 0 atom stereocenters. The average Bonchev–Trinajstić information content (AvgIpc) is 2.33. The van der Waals surface area contributed by atoms with E-state index < -0.39 is 0 Å². The fourth-order valence-corrected chi connectivity index (χ4v) is 1.83. The maximum atomic E-state index is 5.24. The second-order valence-corrected chi connectivity index (χ2v) is 3.98. The highest BCUT2D eigenvalue weighted by Gasteiger charge is 2.03. The number of fused-ring (bicyclic) bond motifs is 1. The third-order valence-electron chi connectivity index (χ3n) is 2.52. The van der Waals surface area contributed by atoms with E-state index in [9.17, 15) is 0 Å². The Morgan fingerprint density at radius 2 is 1.81 bits per heavy atom. The van der Waals surface area contributed by atoms with Gasteiger partial charge in [-0.25, -0.2) is 5.84 Å². The van der Waals surface area contributed by atoms with Crippen LogP contribution in [0.15, 0.2) is 36.4 Å². The fraction of sp³-hybridized carbons (Fsp3) is 0.0833. The first-order valence-corrected chi connectivity index (χ1v) is 5.39. The number of anilines is 1. The molecule has 82 valence electrons. The summed E-state index contributed by atoms with van der Waals surface area (Å²) in [6.07, 6.45) is 0. The number of aryl methyl sites for hydroxylation is 1. The topological polar surface area (TPSA) is 50.1 Å². The van der Waals surface area contributed by atoms with Crippen molar-refractivity contribution in [1.82, 2.24) is 5.43 Å². The van der Waals surface area contributed by atoms with E-state index in [1.807, 2.05) is 18.2 Å². The molecule has 0 aliphatic carbocycles. The number of rotatable bonds is 1. The van der Waals surface area contributed by atoms with Gasteiger partial charge in [0, 0.05) is 11.1 Å². The summed E-state index contributed by atoms with van der Waals surface area (Å²) in [5, 5.41) is 5.82. The number of nitrogens with one attached hydrogen (secondary N) is 2. The van der Waals surface area contributed by atoms with Crippen molar-refractivity contribution in [2.45, 2.75) is 6.92 Å². The molecule has 4 heteroatoms. The molecule has 0 radical (unpaired) electrons. The van der Waals surface area contributed by atoms with Gasteiger partial charge in [-0.3, -0.25) is 0 Å². The summed E-state index contributed by atoms with van der Waals surface area (Å²) in [5.74, 6) is 5.24. The first-order chi connectivity index (χ1) is 7.72. The van der Waals surface area contributed by atoms with Crippen LogP contribution in [0, 0.1) is 6.92 Å². The van der Waals surface area contributed by atoms with Crippen molar-refractivity contribution < 1.29 is 0 Å². The van der Waals surface area contributed by atoms with E-state index in [2.05, 4.69) is 35.9 Å². The predicted octanol–water partition coefficient (Wildman–Crippen LogP) is 2.31. The summed E-state index contributed by atoms with van der Waals surface area (Å²) >= 11 is 4.99. The van der Waals surface area contributed by atoms with Crippen LogP contribution in [-0.2, 0) is 0 Å². The molecule has 0 aliphatic rings. The van der Waals surface area contributed by atoms with E-state index in [0.29, 0.717) is 5.11 Å². The number of hydrogen-bond donors (Lipinski definition) is 3. The van der Waals surface area contributed by atoms with E-state index in [-0.39, 0.29) is 0 Å². The second kappa shape index (κ2) is 4.47. The standard InChI is InChI=1S/C12H13N3S/c1-8-6-7-11(14-12(16)15-13)10-5-3-2-4-9(8)10/h2-7H,13H2,1H3,(H2,14,15,16). The van der Waals surface area contributed by atoms with Crippen LogP contribution in [0.4, 0.5) is 5.69 Å². The molecule has 0 unspecified atom stereocenters. The molecule has 0 amide bonds. The highest BCUT2D eigenvalue weighted by Crippen LogP contribution is 2.25. The zero-order chi connectivity index (χ0) is 11.5. The van der Waals surface area contributed by atoms with Crippen molar-refractivity contribution in [3.63, 3.8) is 0 Å². The van der Waals surface area contributed by atoms with Crippen LogP contribution in [0.25, 0.3) is 10.8 Å². The van der Waals surface area contributed by atoms with Gasteiger partial charge in [0.25, 0.3) is 0 Å². The van der Waals surface area contributed by atoms with Gasteiger partial charge in [0.1, 0.15) is 0 Å². The van der Waals surface area contributed by atoms with E-state index in [4.69, 9.17) is 18.1 Å². The predicted molar refractivity (Wildman–Crippen MR) is 72.2 cm³/mol. The fourth-order valence-electron chi connectivity index (χ4n) is 1.72. The number of hydrogen-bond acceptors (Lipinski definition) is 2. The normalized spacial score (nSPS) is 10.1. The van der Waals surface area contributed by atoms with E-state index in [0.717, 1.165) is 11.1 Å². The molecule has 0 saturated carbocycles. The molecule has 16 heavy (non-hydrogen) atoms. The zero-order valence-electron chi connectivity index (χ0n) is 8.95. The van der Waals surface area contributed by atoms with E-state index >= 15 is 0 Å². The Kier molecular flexibility index (Phi) is 3.03. The van der Waals surface area contributed by atoms with Crippen LogP contribution < -0.4 is 16.6 Å². The highest BCUT2D eigenvalue weighted by molar-refractivity contribution is 7.80. The molecule has 2 aromatic carbocycles. The molecular formula is C12H13N3S. The number of benzene rings is 2. The van der Waals surface area contributed by atoms with Gasteiger partial charge in [-0.15, -0.1) is 0 Å². The van der Waals surface area contributed by atoms with Gasteiger partial charge in [-0.05, 0) is 36.2 Å². The molecule has 0 spiro atoms. The molecule has 0 saturated heterocycles. The van der Waals surface area contributed by atoms with Crippen LogP contribution in [0.5, 0.6) is 0 Å². The lowest BCUT2D eigenvalue weighted by Crippen LogP contribution is -2.34. The first kappa shape index (κ1) is 10.9. The van der Waals surface area contributed by atoms with E-state index in [1.165, 1.54) is 10.9 Å². The van der Waals surface area contributed by atoms with E-state index in [1.54, 1.807) is 0 Å². The third kappa shape index (κ3) is 1.98. The molecule has 0 aromatic heterocycles. The lowest BCUT2D eigenvalue weighted by molar-refractivity contribution is 1.04. The average molecular weight is 231 g/mol. The van der Waals surface area contributed by atoms with Gasteiger partial charge < -0.3 is 10.7 Å². The van der Waals surface area contributed by atoms with Gasteiger partial charge in [-0.1, -0.05) is 30.3 Å². The molecule has 0 bridgehead atoms. The molecule has 2 rings (SSSR count). The van der Waals surface area contributed by atoms with Gasteiger partial charge in [0.2, 0.25) is 0 Å². The van der Waals surface area contributed by atoms with Crippen molar-refractivity contribution in [3.05, 3.63) is 42.0 Å². The van der Waals surface area contributed by atoms with Gasteiger partial charge in [0.05, 0.1) is 0 Å². The maximum Gasteiger partial charge on any atom is 0.185 e. The summed E-state index contributed by atoms with van der Waals surface area (Å²) < 4.78 is 0. The third-order valence-corrected chi connectivity index (χ3v) is 2.74. The molecule has 4 N–H and O–H groups in total. The molecule has 3 nitrogen and oxygen atoms in total. The minimum absolute atomic E-state index is 0.411. The summed E-state index contributed by atoms with van der Waals surface area (Å²) in [6, 6.07) is 12.2. The Morgan fingerprint density at radius 1 is 1.12 bits per heavy atom.